The Hall–Kier alpha value is -1.58. The first-order chi connectivity index (χ1) is 11.4. The summed E-state index contributed by atoms with van der Waals surface area (Å²) in [5.41, 5.74) is 0.958. The molecule has 24 heavy (non-hydrogen) atoms. The lowest BCUT2D eigenvalue weighted by atomic mass is 10.1. The zero-order valence-corrected chi connectivity index (χ0v) is 15.0. The summed E-state index contributed by atoms with van der Waals surface area (Å²) in [7, 11) is -3.15. The van der Waals surface area contributed by atoms with E-state index >= 15 is 0 Å². The van der Waals surface area contributed by atoms with E-state index in [1.54, 1.807) is 12.1 Å². The molecule has 9 heteroatoms. The van der Waals surface area contributed by atoms with Crippen molar-refractivity contribution in [3.05, 3.63) is 41.5 Å². The summed E-state index contributed by atoms with van der Waals surface area (Å²) in [6.07, 6.45) is 2.56. The number of rotatable bonds is 4. The van der Waals surface area contributed by atoms with E-state index in [0.29, 0.717) is 31.9 Å². The van der Waals surface area contributed by atoms with Crippen molar-refractivity contribution >= 4 is 26.7 Å². The van der Waals surface area contributed by atoms with Gasteiger partial charge in [-0.15, -0.1) is 0 Å². The molecule has 6 nitrogen and oxygen atoms in total. The quantitative estimate of drug-likeness (QED) is 0.820. The average Bonchev–Trinajstić information content (AvgIpc) is 2.83. The second-order valence-electron chi connectivity index (χ2n) is 5.80. The van der Waals surface area contributed by atoms with Crippen LogP contribution in [0.3, 0.4) is 0 Å². The van der Waals surface area contributed by atoms with Gasteiger partial charge >= 0.3 is 0 Å². The molecule has 0 amide bonds. The summed E-state index contributed by atoms with van der Waals surface area (Å²) < 4.78 is 42.2. The minimum Gasteiger partial charge on any atom is -0.345 e. The zero-order valence-electron chi connectivity index (χ0n) is 13.4. The molecule has 0 spiro atoms. The van der Waals surface area contributed by atoms with Gasteiger partial charge in [-0.3, -0.25) is 0 Å². The van der Waals surface area contributed by atoms with Crippen molar-refractivity contribution in [1.29, 1.82) is 0 Å². The maximum absolute atomic E-state index is 12.9. The molecular formula is C15H19FN4O2S2. The maximum atomic E-state index is 12.9. The van der Waals surface area contributed by atoms with Crippen molar-refractivity contribution in [3.8, 4) is 0 Å². The highest BCUT2D eigenvalue weighted by Gasteiger charge is 2.23. The SMILES string of the molecule is CS(=O)(=O)N1CCCN(c2nc(Cc3ccc(F)cc3)ns2)CC1. The monoisotopic (exact) mass is 370 g/mol. The molecule has 130 valence electrons. The van der Waals surface area contributed by atoms with Gasteiger partial charge in [0.2, 0.25) is 15.2 Å². The molecule has 0 saturated carbocycles. The van der Waals surface area contributed by atoms with Gasteiger partial charge in [-0.1, -0.05) is 12.1 Å². The first kappa shape index (κ1) is 17.2. The number of halogens is 1. The van der Waals surface area contributed by atoms with Crippen LogP contribution in [0, 0.1) is 5.82 Å². The smallest absolute Gasteiger partial charge is 0.211 e. The second-order valence-corrected chi connectivity index (χ2v) is 8.51. The Kier molecular flexibility index (Phi) is 5.12. The van der Waals surface area contributed by atoms with E-state index < -0.39 is 10.0 Å². The van der Waals surface area contributed by atoms with Crippen molar-refractivity contribution < 1.29 is 12.8 Å². The van der Waals surface area contributed by atoms with E-state index in [1.165, 1.54) is 34.2 Å². The van der Waals surface area contributed by atoms with Crippen LogP contribution in [-0.4, -0.2) is 54.5 Å². The third-order valence-corrected chi connectivity index (χ3v) is 6.05. The Morgan fingerprint density at radius 2 is 1.92 bits per heavy atom. The topological polar surface area (TPSA) is 66.4 Å². The van der Waals surface area contributed by atoms with E-state index in [-0.39, 0.29) is 5.82 Å². The van der Waals surface area contributed by atoms with Crippen LogP contribution in [0.5, 0.6) is 0 Å². The molecule has 1 aromatic heterocycles. The molecule has 3 rings (SSSR count). The van der Waals surface area contributed by atoms with Crippen molar-refractivity contribution in [3.63, 3.8) is 0 Å². The lowest BCUT2D eigenvalue weighted by Gasteiger charge is -2.19. The van der Waals surface area contributed by atoms with Gasteiger partial charge in [0.25, 0.3) is 0 Å². The van der Waals surface area contributed by atoms with Crippen molar-refractivity contribution in [2.75, 3.05) is 37.3 Å². The van der Waals surface area contributed by atoms with Gasteiger partial charge in [0.05, 0.1) is 6.26 Å². The fourth-order valence-corrected chi connectivity index (χ4v) is 4.26. The first-order valence-corrected chi connectivity index (χ1v) is 10.3. The molecule has 2 aromatic rings. The molecule has 1 saturated heterocycles. The molecule has 0 unspecified atom stereocenters. The number of benzene rings is 1. The summed E-state index contributed by atoms with van der Waals surface area (Å²) in [6.45, 7) is 2.37. The summed E-state index contributed by atoms with van der Waals surface area (Å²) in [5, 5.41) is 0.808. The van der Waals surface area contributed by atoms with E-state index in [4.69, 9.17) is 0 Å². The standard InChI is InChI=1S/C15H19FN4O2S2/c1-24(21,22)20-8-2-7-19(9-10-20)15-17-14(18-23-15)11-12-3-5-13(16)6-4-12/h3-6H,2,7-11H2,1H3. The summed E-state index contributed by atoms with van der Waals surface area (Å²) in [6, 6.07) is 6.31. The van der Waals surface area contributed by atoms with E-state index in [2.05, 4.69) is 14.3 Å². The van der Waals surface area contributed by atoms with Crippen LogP contribution < -0.4 is 4.90 Å². The summed E-state index contributed by atoms with van der Waals surface area (Å²) in [4.78, 5) is 6.63. The highest BCUT2D eigenvalue weighted by atomic mass is 32.2. The van der Waals surface area contributed by atoms with Gasteiger partial charge in [-0.25, -0.2) is 22.1 Å². The number of anilines is 1. The van der Waals surface area contributed by atoms with Crippen LogP contribution in [0.4, 0.5) is 9.52 Å². The second kappa shape index (κ2) is 7.12. The van der Waals surface area contributed by atoms with Crippen LogP contribution >= 0.6 is 11.5 Å². The van der Waals surface area contributed by atoms with Crippen molar-refractivity contribution in [2.24, 2.45) is 0 Å². The number of nitrogens with zero attached hydrogens (tertiary/aromatic N) is 4. The van der Waals surface area contributed by atoms with Gasteiger partial charge in [0.15, 0.2) is 0 Å². The van der Waals surface area contributed by atoms with Crippen LogP contribution in [-0.2, 0) is 16.4 Å². The van der Waals surface area contributed by atoms with Crippen LogP contribution in [0.1, 0.15) is 17.8 Å². The molecule has 1 aromatic carbocycles. The van der Waals surface area contributed by atoms with Crippen LogP contribution in [0.2, 0.25) is 0 Å². The molecule has 1 fully saturated rings. The molecule has 0 bridgehead atoms. The number of sulfonamides is 1. The fourth-order valence-electron chi connectivity index (χ4n) is 2.65. The molecule has 0 N–H and O–H groups in total. The predicted octanol–water partition coefficient (Wildman–Crippen LogP) is 1.74. The Morgan fingerprint density at radius 3 is 2.62 bits per heavy atom. The van der Waals surface area contributed by atoms with Gasteiger partial charge in [-0.05, 0) is 24.1 Å². The van der Waals surface area contributed by atoms with Gasteiger partial charge in [0, 0.05) is 44.1 Å². The van der Waals surface area contributed by atoms with Crippen molar-refractivity contribution in [1.82, 2.24) is 13.7 Å². The largest absolute Gasteiger partial charge is 0.345 e. The van der Waals surface area contributed by atoms with Gasteiger partial charge < -0.3 is 4.90 Å². The number of hydrogen-bond donors (Lipinski definition) is 0. The van der Waals surface area contributed by atoms with Gasteiger partial charge in [-0.2, -0.15) is 4.37 Å². The lowest BCUT2D eigenvalue weighted by Crippen LogP contribution is -2.34. The van der Waals surface area contributed by atoms with E-state index in [0.717, 1.165) is 23.7 Å². The highest BCUT2D eigenvalue weighted by Crippen LogP contribution is 2.21. The fraction of sp³-hybridized carbons (Fsp3) is 0.467. The minimum absolute atomic E-state index is 0.259. The van der Waals surface area contributed by atoms with Crippen LogP contribution in [0.25, 0.3) is 0 Å². The Morgan fingerprint density at radius 1 is 1.17 bits per heavy atom. The summed E-state index contributed by atoms with van der Waals surface area (Å²) >= 11 is 1.32. The normalized spacial score (nSPS) is 17.0. The van der Waals surface area contributed by atoms with Gasteiger partial charge in [0.1, 0.15) is 11.6 Å². The average molecular weight is 370 g/mol. The molecule has 2 heterocycles. The van der Waals surface area contributed by atoms with E-state index in [9.17, 15) is 12.8 Å². The maximum Gasteiger partial charge on any atom is 0.211 e. The van der Waals surface area contributed by atoms with Crippen LogP contribution in [0.15, 0.2) is 24.3 Å². The molecule has 0 atom stereocenters. The highest BCUT2D eigenvalue weighted by molar-refractivity contribution is 7.88. The number of hydrogen-bond acceptors (Lipinski definition) is 6. The zero-order chi connectivity index (χ0) is 17.2. The molecular weight excluding hydrogens is 351 g/mol. The lowest BCUT2D eigenvalue weighted by molar-refractivity contribution is 0.437. The predicted molar refractivity (Wildman–Crippen MR) is 92.4 cm³/mol. The molecule has 0 aliphatic carbocycles. The molecule has 1 aliphatic rings. The molecule has 0 radical (unpaired) electrons. The first-order valence-electron chi connectivity index (χ1n) is 7.69. The Balaban J connectivity index is 1.66. The third kappa shape index (κ3) is 4.28. The molecule has 1 aliphatic heterocycles. The van der Waals surface area contributed by atoms with Crippen molar-refractivity contribution in [2.45, 2.75) is 12.8 Å². The Labute approximate surface area is 145 Å². The Bertz CT molecular complexity index is 792. The third-order valence-electron chi connectivity index (χ3n) is 3.93. The number of aromatic nitrogens is 2. The summed E-state index contributed by atoms with van der Waals surface area (Å²) in [5.74, 6) is 0.441. The minimum atomic E-state index is -3.15. The van der Waals surface area contributed by atoms with E-state index in [1.807, 2.05) is 0 Å².